The molecule has 0 aromatic rings. The summed E-state index contributed by atoms with van der Waals surface area (Å²) >= 11 is 0. The summed E-state index contributed by atoms with van der Waals surface area (Å²) in [6.45, 7) is 19.5. The minimum absolute atomic E-state index is 0.238. The molecule has 0 aromatic heterocycles. The summed E-state index contributed by atoms with van der Waals surface area (Å²) in [5.41, 5.74) is 0.238. The van der Waals surface area contributed by atoms with Crippen LogP contribution in [0.4, 0.5) is 0 Å². The van der Waals surface area contributed by atoms with Crippen molar-refractivity contribution in [3.63, 3.8) is 0 Å². The minimum atomic E-state index is 0.238. The monoisotopic (exact) mass is 256 g/mol. The standard InChI is InChI=1S/C16H36N2/c1-8-14(9-2)13-15(17-10-3)16(6,7)18(11-4)12-5/h14-15,17H,8-13H2,1-7H3. The van der Waals surface area contributed by atoms with Gasteiger partial charge in [-0.1, -0.05) is 47.5 Å². The Morgan fingerprint density at radius 1 is 0.944 bits per heavy atom. The lowest BCUT2D eigenvalue weighted by Gasteiger charge is -2.45. The van der Waals surface area contributed by atoms with E-state index < -0.39 is 0 Å². The second-order valence-corrected chi connectivity index (χ2v) is 5.85. The van der Waals surface area contributed by atoms with Gasteiger partial charge in [-0.05, 0) is 45.8 Å². The minimum Gasteiger partial charge on any atom is -0.312 e. The van der Waals surface area contributed by atoms with Crippen molar-refractivity contribution >= 4 is 0 Å². The van der Waals surface area contributed by atoms with E-state index in [1.54, 1.807) is 0 Å². The molecule has 1 atom stereocenters. The molecule has 110 valence electrons. The Morgan fingerprint density at radius 3 is 1.78 bits per heavy atom. The third kappa shape index (κ3) is 4.89. The molecule has 0 rings (SSSR count). The Kier molecular flexibility index (Phi) is 8.89. The van der Waals surface area contributed by atoms with Crippen LogP contribution in [0.2, 0.25) is 0 Å². The van der Waals surface area contributed by atoms with E-state index in [0.717, 1.165) is 25.6 Å². The average Bonchev–Trinajstić information content (AvgIpc) is 2.35. The highest BCUT2D eigenvalue weighted by atomic mass is 15.2. The predicted molar refractivity (Wildman–Crippen MR) is 83.2 cm³/mol. The topological polar surface area (TPSA) is 15.3 Å². The third-order valence-corrected chi connectivity index (χ3v) is 4.61. The van der Waals surface area contributed by atoms with Crippen LogP contribution in [0.1, 0.15) is 67.7 Å². The van der Waals surface area contributed by atoms with Crippen molar-refractivity contribution in [2.45, 2.75) is 79.3 Å². The van der Waals surface area contributed by atoms with Crippen LogP contribution in [-0.4, -0.2) is 36.1 Å². The molecular weight excluding hydrogens is 220 g/mol. The van der Waals surface area contributed by atoms with Gasteiger partial charge in [-0.2, -0.15) is 0 Å². The van der Waals surface area contributed by atoms with Crippen LogP contribution in [0, 0.1) is 5.92 Å². The number of rotatable bonds is 10. The first-order valence-corrected chi connectivity index (χ1v) is 7.96. The summed E-state index contributed by atoms with van der Waals surface area (Å²) in [6.07, 6.45) is 3.89. The van der Waals surface area contributed by atoms with Gasteiger partial charge in [0.1, 0.15) is 0 Å². The van der Waals surface area contributed by atoms with Gasteiger partial charge in [0.25, 0.3) is 0 Å². The Hall–Kier alpha value is -0.0800. The molecule has 0 heterocycles. The van der Waals surface area contributed by atoms with Crippen molar-refractivity contribution < 1.29 is 0 Å². The lowest BCUT2D eigenvalue weighted by Crippen LogP contribution is -2.58. The van der Waals surface area contributed by atoms with Gasteiger partial charge in [-0.15, -0.1) is 0 Å². The van der Waals surface area contributed by atoms with E-state index in [4.69, 9.17) is 0 Å². The molecule has 0 amide bonds. The lowest BCUT2D eigenvalue weighted by molar-refractivity contribution is 0.0797. The van der Waals surface area contributed by atoms with Gasteiger partial charge in [0.05, 0.1) is 0 Å². The van der Waals surface area contributed by atoms with E-state index in [1.807, 2.05) is 0 Å². The van der Waals surface area contributed by atoms with Crippen LogP contribution < -0.4 is 5.32 Å². The number of nitrogens with one attached hydrogen (secondary N) is 1. The predicted octanol–water partition coefficient (Wildman–Crippen LogP) is 3.91. The zero-order valence-electron chi connectivity index (χ0n) is 13.8. The first kappa shape index (κ1) is 17.9. The second kappa shape index (κ2) is 8.92. The van der Waals surface area contributed by atoms with Crippen molar-refractivity contribution in [3.05, 3.63) is 0 Å². The molecule has 0 aliphatic carbocycles. The van der Waals surface area contributed by atoms with Crippen LogP contribution in [0.15, 0.2) is 0 Å². The fraction of sp³-hybridized carbons (Fsp3) is 1.00. The SMILES string of the molecule is CCNC(CC(CC)CC)C(C)(C)N(CC)CC. The Labute approximate surface area is 116 Å². The zero-order chi connectivity index (χ0) is 14.2. The first-order valence-electron chi connectivity index (χ1n) is 7.96. The van der Waals surface area contributed by atoms with E-state index in [9.17, 15) is 0 Å². The van der Waals surface area contributed by atoms with Gasteiger partial charge in [-0.25, -0.2) is 0 Å². The second-order valence-electron chi connectivity index (χ2n) is 5.85. The molecule has 18 heavy (non-hydrogen) atoms. The third-order valence-electron chi connectivity index (χ3n) is 4.61. The van der Waals surface area contributed by atoms with E-state index in [-0.39, 0.29) is 5.54 Å². The zero-order valence-corrected chi connectivity index (χ0v) is 13.8. The number of nitrogens with zero attached hydrogens (tertiary/aromatic N) is 1. The highest BCUT2D eigenvalue weighted by Crippen LogP contribution is 2.26. The summed E-state index contributed by atoms with van der Waals surface area (Å²) in [5.74, 6) is 0.851. The highest BCUT2D eigenvalue weighted by molar-refractivity contribution is 4.93. The van der Waals surface area contributed by atoms with Gasteiger partial charge in [0, 0.05) is 11.6 Å². The van der Waals surface area contributed by atoms with Crippen LogP contribution in [0.25, 0.3) is 0 Å². The molecule has 0 radical (unpaired) electrons. The average molecular weight is 256 g/mol. The van der Waals surface area contributed by atoms with Crippen LogP contribution in [-0.2, 0) is 0 Å². The summed E-state index contributed by atoms with van der Waals surface area (Å²) in [5, 5.41) is 3.73. The molecule has 1 unspecified atom stereocenters. The molecule has 2 heteroatoms. The lowest BCUT2D eigenvalue weighted by atomic mass is 9.83. The van der Waals surface area contributed by atoms with E-state index >= 15 is 0 Å². The maximum Gasteiger partial charge on any atom is 0.0306 e. The summed E-state index contributed by atoms with van der Waals surface area (Å²) in [7, 11) is 0. The molecule has 0 fully saturated rings. The van der Waals surface area contributed by atoms with Crippen LogP contribution >= 0.6 is 0 Å². The van der Waals surface area contributed by atoms with Crippen molar-refractivity contribution in [2.24, 2.45) is 5.92 Å². The highest BCUT2D eigenvalue weighted by Gasteiger charge is 2.34. The molecule has 0 saturated carbocycles. The molecule has 0 spiro atoms. The Bertz CT molecular complexity index is 193. The molecule has 0 aliphatic heterocycles. The first-order chi connectivity index (χ1) is 8.47. The molecular formula is C16H36N2. The van der Waals surface area contributed by atoms with Crippen molar-refractivity contribution in [2.75, 3.05) is 19.6 Å². The Balaban J connectivity index is 4.83. The largest absolute Gasteiger partial charge is 0.312 e. The summed E-state index contributed by atoms with van der Waals surface area (Å²) in [6, 6.07) is 0.590. The smallest absolute Gasteiger partial charge is 0.0306 e. The maximum atomic E-state index is 3.73. The van der Waals surface area contributed by atoms with Gasteiger partial charge in [-0.3, -0.25) is 4.90 Å². The fourth-order valence-corrected chi connectivity index (χ4v) is 3.08. The quantitative estimate of drug-likeness (QED) is 0.637. The normalized spacial score (nSPS) is 14.5. The number of likely N-dealkylation sites (N-methyl/N-ethyl adjacent to an activating group) is 2. The van der Waals surface area contributed by atoms with Crippen LogP contribution in [0.5, 0.6) is 0 Å². The number of hydrogen-bond donors (Lipinski definition) is 1. The molecule has 0 aromatic carbocycles. The molecule has 0 aliphatic rings. The summed E-state index contributed by atoms with van der Waals surface area (Å²) < 4.78 is 0. The maximum absolute atomic E-state index is 3.73. The van der Waals surface area contributed by atoms with Gasteiger partial charge in [0.2, 0.25) is 0 Å². The van der Waals surface area contributed by atoms with Gasteiger partial charge < -0.3 is 5.32 Å². The van der Waals surface area contributed by atoms with Crippen molar-refractivity contribution in [1.29, 1.82) is 0 Å². The van der Waals surface area contributed by atoms with Crippen molar-refractivity contribution in [3.8, 4) is 0 Å². The fourth-order valence-electron chi connectivity index (χ4n) is 3.08. The van der Waals surface area contributed by atoms with Gasteiger partial charge in [0.15, 0.2) is 0 Å². The Morgan fingerprint density at radius 2 is 1.44 bits per heavy atom. The summed E-state index contributed by atoms with van der Waals surface area (Å²) in [4.78, 5) is 2.59. The molecule has 1 N–H and O–H groups in total. The van der Waals surface area contributed by atoms with E-state index in [0.29, 0.717) is 6.04 Å². The van der Waals surface area contributed by atoms with E-state index in [2.05, 4.69) is 58.7 Å². The number of hydrogen-bond acceptors (Lipinski definition) is 2. The van der Waals surface area contributed by atoms with E-state index in [1.165, 1.54) is 19.3 Å². The molecule has 0 saturated heterocycles. The molecule has 2 nitrogen and oxygen atoms in total. The van der Waals surface area contributed by atoms with Crippen LogP contribution in [0.3, 0.4) is 0 Å². The van der Waals surface area contributed by atoms with Crippen molar-refractivity contribution in [1.82, 2.24) is 10.2 Å². The van der Waals surface area contributed by atoms with Gasteiger partial charge >= 0.3 is 0 Å². The molecule has 0 bridgehead atoms.